The molecular formula is C10H18N2O6. The summed E-state index contributed by atoms with van der Waals surface area (Å²) < 4.78 is 5.05. The van der Waals surface area contributed by atoms with Gasteiger partial charge in [0.25, 0.3) is 0 Å². The molecule has 0 spiro atoms. The van der Waals surface area contributed by atoms with Gasteiger partial charge in [-0.05, 0) is 0 Å². The van der Waals surface area contributed by atoms with E-state index in [1.807, 2.05) is 0 Å². The maximum absolute atomic E-state index is 11.0. The summed E-state index contributed by atoms with van der Waals surface area (Å²) in [5.74, 6) is -0.871. The van der Waals surface area contributed by atoms with E-state index < -0.39 is 49.0 Å². The minimum absolute atomic E-state index is 0.418. The quantitative estimate of drug-likeness (QED) is 0.370. The predicted octanol–water partition coefficient (Wildman–Crippen LogP) is -2.93. The van der Waals surface area contributed by atoms with Gasteiger partial charge < -0.3 is 30.7 Å². The lowest BCUT2D eigenvalue weighted by molar-refractivity contribution is -0.226. The number of nitrogens with one attached hydrogen (secondary N) is 2. The number of hydrogen-bond acceptors (Lipinski definition) is 6. The average Bonchev–Trinajstić information content (AvgIpc) is 2.27. The molecular weight excluding hydrogens is 244 g/mol. The maximum atomic E-state index is 11.0. The van der Waals surface area contributed by atoms with E-state index in [-0.39, 0.29) is 0 Å². The van der Waals surface area contributed by atoms with E-state index in [9.17, 15) is 19.8 Å². The fourth-order valence-electron chi connectivity index (χ4n) is 1.92. The molecule has 8 heteroatoms. The molecule has 0 aliphatic carbocycles. The van der Waals surface area contributed by atoms with Crippen LogP contribution >= 0.6 is 0 Å². The van der Waals surface area contributed by atoms with Crippen molar-refractivity contribution in [2.24, 2.45) is 0 Å². The molecule has 0 aromatic carbocycles. The first-order valence-electron chi connectivity index (χ1n) is 5.53. The molecule has 1 fully saturated rings. The zero-order chi connectivity index (χ0) is 13.9. The smallest absolute Gasteiger partial charge is 0.217 e. The number of amides is 2. The summed E-state index contributed by atoms with van der Waals surface area (Å²) in [5.41, 5.74) is 0. The first-order valence-corrected chi connectivity index (χ1v) is 5.53. The van der Waals surface area contributed by atoms with Crippen LogP contribution in [0, 0.1) is 0 Å². The van der Waals surface area contributed by atoms with Gasteiger partial charge in [0, 0.05) is 13.8 Å². The fraction of sp³-hybridized carbons (Fsp3) is 0.800. The summed E-state index contributed by atoms with van der Waals surface area (Å²) >= 11 is 0. The molecule has 8 nitrogen and oxygen atoms in total. The highest BCUT2D eigenvalue weighted by atomic mass is 16.6. The Labute approximate surface area is 104 Å². The average molecular weight is 262 g/mol. The first-order chi connectivity index (χ1) is 8.36. The second-order valence-corrected chi connectivity index (χ2v) is 4.19. The molecule has 0 unspecified atom stereocenters. The van der Waals surface area contributed by atoms with Crippen LogP contribution in [-0.4, -0.2) is 64.3 Å². The topological polar surface area (TPSA) is 128 Å². The molecule has 1 saturated heterocycles. The van der Waals surface area contributed by atoms with E-state index in [1.165, 1.54) is 13.8 Å². The van der Waals surface area contributed by atoms with Crippen molar-refractivity contribution >= 4 is 11.8 Å². The van der Waals surface area contributed by atoms with Gasteiger partial charge in [0.05, 0.1) is 12.6 Å². The highest BCUT2D eigenvalue weighted by molar-refractivity contribution is 5.74. The fourth-order valence-corrected chi connectivity index (χ4v) is 1.92. The Hall–Kier alpha value is -1.22. The zero-order valence-corrected chi connectivity index (χ0v) is 10.2. The van der Waals surface area contributed by atoms with Gasteiger partial charge in [-0.15, -0.1) is 0 Å². The molecule has 18 heavy (non-hydrogen) atoms. The molecule has 0 radical (unpaired) electrons. The number of rotatable bonds is 3. The Morgan fingerprint density at radius 2 is 1.61 bits per heavy atom. The molecule has 1 aliphatic rings. The number of carbonyl (C=O) groups is 2. The van der Waals surface area contributed by atoms with Crippen molar-refractivity contribution in [2.45, 2.75) is 44.4 Å². The number of aliphatic hydroxyl groups is 3. The van der Waals surface area contributed by atoms with Crippen molar-refractivity contribution in [3.05, 3.63) is 0 Å². The SMILES string of the molecule is CC(=O)N[C@@H]1[C@@H](O)[C@@H](NC(C)=O)[C@@H](CO)O[C@@H]1O. The second-order valence-electron chi connectivity index (χ2n) is 4.19. The summed E-state index contributed by atoms with van der Waals surface area (Å²) in [6, 6.07) is -1.98. The highest BCUT2D eigenvalue weighted by Crippen LogP contribution is 2.19. The molecule has 1 aliphatic heterocycles. The lowest BCUT2D eigenvalue weighted by Crippen LogP contribution is -2.68. The van der Waals surface area contributed by atoms with Crippen LogP contribution in [0.15, 0.2) is 0 Å². The van der Waals surface area contributed by atoms with E-state index in [1.54, 1.807) is 0 Å². The molecule has 0 aromatic rings. The normalized spacial score (nSPS) is 35.9. The maximum Gasteiger partial charge on any atom is 0.217 e. The van der Waals surface area contributed by atoms with Crippen LogP contribution in [0.4, 0.5) is 0 Å². The van der Waals surface area contributed by atoms with Crippen molar-refractivity contribution in [1.29, 1.82) is 0 Å². The van der Waals surface area contributed by atoms with Crippen LogP contribution < -0.4 is 10.6 Å². The van der Waals surface area contributed by atoms with E-state index in [4.69, 9.17) is 9.84 Å². The number of hydrogen-bond donors (Lipinski definition) is 5. The molecule has 1 rings (SSSR count). The van der Waals surface area contributed by atoms with Gasteiger partial charge >= 0.3 is 0 Å². The number of carbonyl (C=O) groups excluding carboxylic acids is 2. The van der Waals surface area contributed by atoms with Crippen LogP contribution in [0.1, 0.15) is 13.8 Å². The molecule has 0 aromatic heterocycles. The largest absolute Gasteiger partial charge is 0.394 e. The van der Waals surface area contributed by atoms with Crippen molar-refractivity contribution in [2.75, 3.05) is 6.61 Å². The van der Waals surface area contributed by atoms with Crippen LogP contribution in [0.5, 0.6) is 0 Å². The Morgan fingerprint density at radius 1 is 1.11 bits per heavy atom. The zero-order valence-electron chi connectivity index (χ0n) is 10.2. The third-order valence-electron chi connectivity index (χ3n) is 2.68. The minimum Gasteiger partial charge on any atom is -0.394 e. The van der Waals surface area contributed by atoms with E-state index in [0.29, 0.717) is 0 Å². The van der Waals surface area contributed by atoms with Crippen LogP contribution in [-0.2, 0) is 14.3 Å². The predicted molar refractivity (Wildman–Crippen MR) is 59.2 cm³/mol. The number of aliphatic hydroxyl groups excluding tert-OH is 3. The third-order valence-corrected chi connectivity index (χ3v) is 2.68. The van der Waals surface area contributed by atoms with Gasteiger partial charge in [-0.3, -0.25) is 9.59 Å². The standard InChI is InChI=1S/C10H18N2O6/c1-4(14)11-7-6(3-13)18-10(17)8(9(7)16)12-5(2)15/h6-10,13,16-17H,3H2,1-2H3,(H,11,14)(H,12,15)/t6-,7+,8-,9+,10+/m1/s1. The van der Waals surface area contributed by atoms with Crippen LogP contribution in [0.3, 0.4) is 0 Å². The Balaban J connectivity index is 2.84. The Bertz CT molecular complexity index is 323. The minimum atomic E-state index is -1.45. The van der Waals surface area contributed by atoms with Crippen LogP contribution in [0.2, 0.25) is 0 Å². The molecule has 2 amide bonds. The van der Waals surface area contributed by atoms with Gasteiger partial charge in [0.15, 0.2) is 6.29 Å². The van der Waals surface area contributed by atoms with Crippen molar-refractivity contribution < 1.29 is 29.6 Å². The summed E-state index contributed by atoms with van der Waals surface area (Å²) in [4.78, 5) is 22.0. The Morgan fingerprint density at radius 3 is 2.06 bits per heavy atom. The van der Waals surface area contributed by atoms with Gasteiger partial charge in [0.1, 0.15) is 18.2 Å². The van der Waals surface area contributed by atoms with E-state index >= 15 is 0 Å². The van der Waals surface area contributed by atoms with Gasteiger partial charge in [-0.25, -0.2) is 0 Å². The summed E-state index contributed by atoms with van der Waals surface area (Å²) in [5, 5.41) is 33.5. The van der Waals surface area contributed by atoms with Gasteiger partial charge in [0.2, 0.25) is 11.8 Å². The number of ether oxygens (including phenoxy) is 1. The Kier molecular flexibility index (Phi) is 5.03. The van der Waals surface area contributed by atoms with E-state index in [0.717, 1.165) is 0 Å². The van der Waals surface area contributed by atoms with Crippen molar-refractivity contribution in [1.82, 2.24) is 10.6 Å². The summed E-state index contributed by atoms with van der Waals surface area (Å²) in [6.07, 6.45) is -3.66. The summed E-state index contributed by atoms with van der Waals surface area (Å²) in [6.45, 7) is 2.00. The third kappa shape index (κ3) is 3.39. The molecule has 1 heterocycles. The summed E-state index contributed by atoms with van der Waals surface area (Å²) in [7, 11) is 0. The second kappa shape index (κ2) is 6.10. The van der Waals surface area contributed by atoms with Crippen LogP contribution in [0.25, 0.3) is 0 Å². The molecule has 104 valence electrons. The molecule has 5 N–H and O–H groups in total. The highest BCUT2D eigenvalue weighted by Gasteiger charge is 2.45. The molecule has 5 atom stereocenters. The molecule has 0 saturated carbocycles. The van der Waals surface area contributed by atoms with E-state index in [2.05, 4.69) is 10.6 Å². The monoisotopic (exact) mass is 262 g/mol. The van der Waals surface area contributed by atoms with Gasteiger partial charge in [-0.2, -0.15) is 0 Å². The van der Waals surface area contributed by atoms with Crippen molar-refractivity contribution in [3.8, 4) is 0 Å². The van der Waals surface area contributed by atoms with Gasteiger partial charge in [-0.1, -0.05) is 0 Å². The lowest BCUT2D eigenvalue weighted by Gasteiger charge is -2.42. The van der Waals surface area contributed by atoms with Crippen molar-refractivity contribution in [3.63, 3.8) is 0 Å². The first kappa shape index (κ1) is 14.8. The lowest BCUT2D eigenvalue weighted by atomic mass is 9.94. The molecule has 0 bridgehead atoms.